The lowest BCUT2D eigenvalue weighted by Gasteiger charge is -2.10. The van der Waals surface area contributed by atoms with Gasteiger partial charge < -0.3 is 14.5 Å². The molecule has 1 atom stereocenters. The summed E-state index contributed by atoms with van der Waals surface area (Å²) >= 11 is 3.40. The van der Waals surface area contributed by atoms with Gasteiger partial charge in [0.1, 0.15) is 0 Å². The number of aromatic nitrogens is 1. The first-order chi connectivity index (χ1) is 11.2. The molecule has 1 fully saturated rings. The quantitative estimate of drug-likeness (QED) is 0.836. The predicted octanol–water partition coefficient (Wildman–Crippen LogP) is 3.33. The summed E-state index contributed by atoms with van der Waals surface area (Å²) in [5.74, 6) is 1.30. The maximum absolute atomic E-state index is 11.8. The maximum atomic E-state index is 11.8. The van der Waals surface area contributed by atoms with Crippen molar-refractivity contribution in [1.82, 2.24) is 10.3 Å². The van der Waals surface area contributed by atoms with E-state index >= 15 is 0 Å². The molecule has 0 saturated carbocycles. The Kier molecular flexibility index (Phi) is 5.46. The van der Waals surface area contributed by atoms with Crippen LogP contribution in [0, 0.1) is 0 Å². The zero-order valence-electron chi connectivity index (χ0n) is 12.8. The molecule has 2 heterocycles. The predicted molar refractivity (Wildman–Crippen MR) is 89.9 cm³/mol. The van der Waals surface area contributed by atoms with E-state index in [9.17, 15) is 4.79 Å². The molecule has 1 aliphatic rings. The van der Waals surface area contributed by atoms with Gasteiger partial charge in [-0.05, 0) is 25.0 Å². The van der Waals surface area contributed by atoms with E-state index < -0.39 is 0 Å². The number of carbonyl (C=O) groups excluding carboxylic acids is 1. The highest BCUT2D eigenvalue weighted by Gasteiger charge is 2.16. The third-order valence-electron chi connectivity index (χ3n) is 3.80. The van der Waals surface area contributed by atoms with Gasteiger partial charge in [-0.25, -0.2) is 4.98 Å². The van der Waals surface area contributed by atoms with Gasteiger partial charge in [0.2, 0.25) is 5.91 Å². The SMILES string of the molecule is O=C(CCc1ncc(-c2ccc(Br)cc2)o1)NCC1CCCO1. The van der Waals surface area contributed by atoms with Crippen LogP contribution in [0.5, 0.6) is 0 Å². The summed E-state index contributed by atoms with van der Waals surface area (Å²) in [5, 5.41) is 2.90. The van der Waals surface area contributed by atoms with Crippen LogP contribution in [0.15, 0.2) is 39.4 Å². The van der Waals surface area contributed by atoms with E-state index in [1.807, 2.05) is 24.3 Å². The number of halogens is 1. The molecule has 0 aliphatic carbocycles. The second-order valence-electron chi connectivity index (χ2n) is 5.56. The van der Waals surface area contributed by atoms with Gasteiger partial charge >= 0.3 is 0 Å². The van der Waals surface area contributed by atoms with Crippen LogP contribution in [-0.2, 0) is 16.0 Å². The Bertz CT molecular complexity index is 648. The van der Waals surface area contributed by atoms with Gasteiger partial charge in [0.15, 0.2) is 11.7 Å². The average molecular weight is 379 g/mol. The van der Waals surface area contributed by atoms with E-state index in [0.717, 1.165) is 29.5 Å². The lowest BCUT2D eigenvalue weighted by Crippen LogP contribution is -2.31. The smallest absolute Gasteiger partial charge is 0.220 e. The fraction of sp³-hybridized carbons (Fsp3) is 0.412. The Morgan fingerprint density at radius 3 is 2.91 bits per heavy atom. The fourth-order valence-electron chi connectivity index (χ4n) is 2.52. The first kappa shape index (κ1) is 16.2. The number of benzene rings is 1. The standard InChI is InChI=1S/C17H19BrN2O3/c18-13-5-3-12(4-6-13)15-11-20-17(23-15)8-7-16(21)19-10-14-2-1-9-22-14/h3-6,11,14H,1-2,7-10H2,(H,19,21). The number of hydrogen-bond donors (Lipinski definition) is 1. The van der Waals surface area contributed by atoms with Crippen LogP contribution in [-0.4, -0.2) is 30.1 Å². The van der Waals surface area contributed by atoms with E-state index in [0.29, 0.717) is 31.0 Å². The lowest BCUT2D eigenvalue weighted by molar-refractivity contribution is -0.121. The number of nitrogens with zero attached hydrogens (tertiary/aromatic N) is 1. The van der Waals surface area contributed by atoms with E-state index in [1.165, 1.54) is 0 Å². The largest absolute Gasteiger partial charge is 0.441 e. The molecule has 1 N–H and O–H groups in total. The van der Waals surface area contributed by atoms with Crippen molar-refractivity contribution in [2.24, 2.45) is 0 Å². The summed E-state index contributed by atoms with van der Waals surface area (Å²) in [6.45, 7) is 1.39. The number of aryl methyl sites for hydroxylation is 1. The van der Waals surface area contributed by atoms with Gasteiger partial charge in [-0.3, -0.25) is 4.79 Å². The molecular weight excluding hydrogens is 360 g/mol. The minimum atomic E-state index is 0.00360. The normalized spacial score (nSPS) is 17.3. The Labute approximate surface area is 143 Å². The Morgan fingerprint density at radius 2 is 2.17 bits per heavy atom. The van der Waals surface area contributed by atoms with Crippen molar-refractivity contribution >= 4 is 21.8 Å². The monoisotopic (exact) mass is 378 g/mol. The van der Waals surface area contributed by atoms with Gasteiger partial charge in [-0.2, -0.15) is 0 Å². The summed E-state index contributed by atoms with van der Waals surface area (Å²) < 4.78 is 12.2. The van der Waals surface area contributed by atoms with Crippen LogP contribution in [0.4, 0.5) is 0 Å². The van der Waals surface area contributed by atoms with Crippen molar-refractivity contribution < 1.29 is 13.9 Å². The van der Waals surface area contributed by atoms with E-state index in [1.54, 1.807) is 6.20 Å². The van der Waals surface area contributed by atoms with Crippen LogP contribution >= 0.6 is 15.9 Å². The topological polar surface area (TPSA) is 64.4 Å². The molecule has 3 rings (SSSR count). The molecule has 0 radical (unpaired) electrons. The minimum absolute atomic E-state index is 0.00360. The van der Waals surface area contributed by atoms with Crippen molar-refractivity contribution in [1.29, 1.82) is 0 Å². The number of ether oxygens (including phenoxy) is 1. The highest BCUT2D eigenvalue weighted by molar-refractivity contribution is 9.10. The van der Waals surface area contributed by atoms with Gasteiger partial charge in [0.25, 0.3) is 0 Å². The molecule has 0 bridgehead atoms. The summed E-state index contributed by atoms with van der Waals surface area (Å²) in [4.78, 5) is 16.1. The number of oxazole rings is 1. The molecule has 1 aromatic carbocycles. The number of rotatable bonds is 6. The molecule has 122 valence electrons. The zero-order chi connectivity index (χ0) is 16.1. The van der Waals surface area contributed by atoms with E-state index in [4.69, 9.17) is 9.15 Å². The first-order valence-corrected chi connectivity index (χ1v) is 8.59. The summed E-state index contributed by atoms with van der Waals surface area (Å²) in [7, 11) is 0. The number of nitrogens with one attached hydrogen (secondary N) is 1. The second-order valence-corrected chi connectivity index (χ2v) is 6.48. The lowest BCUT2D eigenvalue weighted by atomic mass is 10.2. The molecule has 1 aromatic heterocycles. The molecule has 1 amide bonds. The molecule has 1 saturated heterocycles. The van der Waals surface area contributed by atoms with Crippen molar-refractivity contribution in [2.75, 3.05) is 13.2 Å². The number of hydrogen-bond acceptors (Lipinski definition) is 4. The Hall–Kier alpha value is -1.66. The minimum Gasteiger partial charge on any atom is -0.441 e. The molecule has 0 spiro atoms. The van der Waals surface area contributed by atoms with Crippen LogP contribution in [0.3, 0.4) is 0 Å². The number of amides is 1. The first-order valence-electron chi connectivity index (χ1n) is 7.79. The van der Waals surface area contributed by atoms with Gasteiger partial charge in [0.05, 0.1) is 12.3 Å². The van der Waals surface area contributed by atoms with Crippen LogP contribution < -0.4 is 5.32 Å². The van der Waals surface area contributed by atoms with Crippen molar-refractivity contribution in [3.8, 4) is 11.3 Å². The third kappa shape index (κ3) is 4.65. The zero-order valence-corrected chi connectivity index (χ0v) is 14.3. The highest BCUT2D eigenvalue weighted by Crippen LogP contribution is 2.22. The average Bonchev–Trinajstić information content (AvgIpc) is 3.23. The summed E-state index contributed by atoms with van der Waals surface area (Å²) in [5.41, 5.74) is 0.967. The van der Waals surface area contributed by atoms with Gasteiger partial charge in [-0.15, -0.1) is 0 Å². The van der Waals surface area contributed by atoms with Crippen LogP contribution in [0.25, 0.3) is 11.3 Å². The maximum Gasteiger partial charge on any atom is 0.220 e. The molecule has 2 aromatic rings. The summed E-state index contributed by atoms with van der Waals surface area (Å²) in [6.07, 6.45) is 4.83. The molecule has 6 heteroatoms. The van der Waals surface area contributed by atoms with Crippen molar-refractivity contribution in [2.45, 2.75) is 31.8 Å². The molecule has 1 aliphatic heterocycles. The van der Waals surface area contributed by atoms with Gasteiger partial charge in [-0.1, -0.05) is 28.1 Å². The van der Waals surface area contributed by atoms with Crippen LogP contribution in [0.2, 0.25) is 0 Å². The Balaban J connectivity index is 1.47. The molecule has 23 heavy (non-hydrogen) atoms. The molecule has 5 nitrogen and oxygen atoms in total. The Morgan fingerprint density at radius 1 is 1.35 bits per heavy atom. The summed E-state index contributed by atoms with van der Waals surface area (Å²) in [6, 6.07) is 7.83. The van der Waals surface area contributed by atoms with Crippen LogP contribution in [0.1, 0.15) is 25.2 Å². The fourth-order valence-corrected chi connectivity index (χ4v) is 2.78. The number of carbonyl (C=O) groups is 1. The highest BCUT2D eigenvalue weighted by atomic mass is 79.9. The van der Waals surface area contributed by atoms with Crippen molar-refractivity contribution in [3.63, 3.8) is 0 Å². The molecular formula is C17H19BrN2O3. The van der Waals surface area contributed by atoms with Gasteiger partial charge in [0, 0.05) is 36.0 Å². The van der Waals surface area contributed by atoms with Crippen molar-refractivity contribution in [3.05, 3.63) is 40.8 Å². The third-order valence-corrected chi connectivity index (χ3v) is 4.33. The molecule has 1 unspecified atom stereocenters. The second kappa shape index (κ2) is 7.75. The van der Waals surface area contributed by atoms with E-state index in [-0.39, 0.29) is 12.0 Å². The van der Waals surface area contributed by atoms with E-state index in [2.05, 4.69) is 26.2 Å².